The quantitative estimate of drug-likeness (QED) is 0.791. The summed E-state index contributed by atoms with van der Waals surface area (Å²) in [5.41, 5.74) is -1.17. The van der Waals surface area contributed by atoms with Gasteiger partial charge in [-0.1, -0.05) is 0 Å². The molecule has 0 fully saturated rings. The molecule has 0 aromatic rings. The molecular weight excluding hydrogens is 278 g/mol. The Balaban J connectivity index is 4.63. The average molecular weight is 305 g/mol. The number of hydrogen-bond acceptors (Lipinski definition) is 5. The number of amides is 1. The van der Waals surface area contributed by atoms with Gasteiger partial charge in [0.25, 0.3) is 0 Å². The molecule has 0 aromatic heterocycles. The molecule has 1 amide bonds. The Morgan fingerprint density at radius 2 is 1.55 bits per heavy atom. The van der Waals surface area contributed by atoms with E-state index in [-0.39, 0.29) is 0 Å². The van der Waals surface area contributed by atoms with Crippen LogP contribution < -0.4 is 5.32 Å². The SMILES string of the molecule is CSCC[C@@H](NC(=O)OC(C)(C)C)C(=O)OC(C)(C)C. The van der Waals surface area contributed by atoms with Crippen molar-refractivity contribution >= 4 is 23.8 Å². The van der Waals surface area contributed by atoms with Gasteiger partial charge in [-0.25, -0.2) is 9.59 Å². The van der Waals surface area contributed by atoms with Gasteiger partial charge in [-0.15, -0.1) is 0 Å². The average Bonchev–Trinajstić information content (AvgIpc) is 2.18. The molecule has 0 rings (SSSR count). The van der Waals surface area contributed by atoms with Crippen molar-refractivity contribution in [2.75, 3.05) is 12.0 Å². The van der Waals surface area contributed by atoms with Crippen LogP contribution in [-0.2, 0) is 14.3 Å². The number of alkyl carbamates (subject to hydrolysis) is 1. The molecule has 1 N–H and O–H groups in total. The van der Waals surface area contributed by atoms with Crippen LogP contribution in [0.4, 0.5) is 4.79 Å². The first-order valence-electron chi connectivity index (χ1n) is 6.66. The smallest absolute Gasteiger partial charge is 0.408 e. The largest absolute Gasteiger partial charge is 0.458 e. The maximum absolute atomic E-state index is 12.1. The third-order valence-corrected chi connectivity index (χ3v) is 2.64. The standard InChI is InChI=1S/C14H27NO4S/c1-13(2,3)18-11(16)10(8-9-20-7)15-12(17)19-14(4,5)6/h10H,8-9H2,1-7H3,(H,15,17)/t10-/m1/s1. The van der Waals surface area contributed by atoms with Crippen LogP contribution in [0.1, 0.15) is 48.0 Å². The number of ether oxygens (including phenoxy) is 2. The molecule has 0 aliphatic heterocycles. The highest BCUT2D eigenvalue weighted by molar-refractivity contribution is 7.98. The molecule has 0 spiro atoms. The second kappa shape index (κ2) is 7.76. The lowest BCUT2D eigenvalue weighted by molar-refractivity contribution is -0.157. The number of nitrogens with one attached hydrogen (secondary N) is 1. The Morgan fingerprint density at radius 3 is 1.95 bits per heavy atom. The fraction of sp³-hybridized carbons (Fsp3) is 0.857. The van der Waals surface area contributed by atoms with E-state index in [1.807, 2.05) is 6.26 Å². The van der Waals surface area contributed by atoms with Gasteiger partial charge in [-0.2, -0.15) is 11.8 Å². The van der Waals surface area contributed by atoms with Crippen molar-refractivity contribution in [1.29, 1.82) is 0 Å². The summed E-state index contributed by atoms with van der Waals surface area (Å²) in [6, 6.07) is -0.684. The van der Waals surface area contributed by atoms with Crippen LogP contribution in [-0.4, -0.2) is 41.3 Å². The van der Waals surface area contributed by atoms with Gasteiger partial charge in [-0.05, 0) is 60.0 Å². The van der Waals surface area contributed by atoms with Crippen molar-refractivity contribution in [3.05, 3.63) is 0 Å². The molecular formula is C14H27NO4S. The van der Waals surface area contributed by atoms with E-state index in [1.54, 1.807) is 53.3 Å². The normalized spacial score (nSPS) is 13.6. The number of esters is 1. The number of rotatable bonds is 5. The zero-order valence-corrected chi connectivity index (χ0v) is 14.3. The van der Waals surface area contributed by atoms with Crippen molar-refractivity contribution in [2.45, 2.75) is 65.2 Å². The van der Waals surface area contributed by atoms with Gasteiger partial charge in [0.2, 0.25) is 0 Å². The number of carbonyl (C=O) groups is 2. The Bertz CT molecular complexity index is 331. The minimum atomic E-state index is -0.684. The zero-order valence-electron chi connectivity index (χ0n) is 13.5. The molecule has 5 nitrogen and oxygen atoms in total. The molecule has 1 atom stereocenters. The Hall–Kier alpha value is -0.910. The fourth-order valence-corrected chi connectivity index (χ4v) is 1.78. The molecule has 0 radical (unpaired) electrons. The summed E-state index contributed by atoms with van der Waals surface area (Å²) in [4.78, 5) is 23.8. The predicted octanol–water partition coefficient (Wildman–Crippen LogP) is 2.97. The van der Waals surface area contributed by atoms with Gasteiger partial charge in [0.05, 0.1) is 0 Å². The van der Waals surface area contributed by atoms with Gasteiger partial charge >= 0.3 is 12.1 Å². The van der Waals surface area contributed by atoms with E-state index in [4.69, 9.17) is 9.47 Å². The topological polar surface area (TPSA) is 64.6 Å². The molecule has 0 saturated heterocycles. The summed E-state index contributed by atoms with van der Waals surface area (Å²) < 4.78 is 10.5. The van der Waals surface area contributed by atoms with E-state index in [2.05, 4.69) is 5.32 Å². The highest BCUT2D eigenvalue weighted by Crippen LogP contribution is 2.12. The number of hydrogen-bond donors (Lipinski definition) is 1. The minimum absolute atomic E-state index is 0.433. The molecule has 6 heteroatoms. The van der Waals surface area contributed by atoms with E-state index in [0.29, 0.717) is 6.42 Å². The molecule has 118 valence electrons. The van der Waals surface area contributed by atoms with Gasteiger partial charge in [0.1, 0.15) is 17.2 Å². The van der Waals surface area contributed by atoms with Crippen LogP contribution in [0.3, 0.4) is 0 Å². The highest BCUT2D eigenvalue weighted by Gasteiger charge is 2.28. The van der Waals surface area contributed by atoms with Crippen molar-refractivity contribution in [3.8, 4) is 0 Å². The van der Waals surface area contributed by atoms with Crippen LogP contribution in [0, 0.1) is 0 Å². The van der Waals surface area contributed by atoms with Gasteiger partial charge in [0.15, 0.2) is 0 Å². The summed E-state index contributed by atoms with van der Waals surface area (Å²) in [6.07, 6.45) is 1.85. The Kier molecular flexibility index (Phi) is 7.41. The lowest BCUT2D eigenvalue weighted by atomic mass is 10.1. The van der Waals surface area contributed by atoms with Crippen molar-refractivity contribution in [1.82, 2.24) is 5.32 Å². The summed E-state index contributed by atoms with van der Waals surface area (Å²) in [5.74, 6) is 0.317. The lowest BCUT2D eigenvalue weighted by Gasteiger charge is -2.26. The first-order chi connectivity index (χ1) is 8.94. The van der Waals surface area contributed by atoms with E-state index < -0.39 is 29.3 Å². The van der Waals surface area contributed by atoms with E-state index in [0.717, 1.165) is 5.75 Å². The van der Waals surface area contributed by atoms with Crippen LogP contribution in [0.15, 0.2) is 0 Å². The molecule has 0 aliphatic rings. The molecule has 20 heavy (non-hydrogen) atoms. The molecule has 0 unspecified atom stereocenters. The summed E-state index contributed by atoms with van der Waals surface area (Å²) in [6.45, 7) is 10.7. The van der Waals surface area contributed by atoms with E-state index >= 15 is 0 Å². The van der Waals surface area contributed by atoms with Gasteiger partial charge in [0, 0.05) is 0 Å². The first-order valence-corrected chi connectivity index (χ1v) is 8.05. The minimum Gasteiger partial charge on any atom is -0.458 e. The fourth-order valence-electron chi connectivity index (χ4n) is 1.31. The molecule has 0 heterocycles. The number of thioether (sulfide) groups is 1. The maximum Gasteiger partial charge on any atom is 0.408 e. The second-order valence-corrected chi connectivity index (χ2v) is 7.50. The predicted molar refractivity (Wildman–Crippen MR) is 82.0 cm³/mol. The monoisotopic (exact) mass is 305 g/mol. The van der Waals surface area contributed by atoms with Crippen molar-refractivity contribution in [3.63, 3.8) is 0 Å². The molecule has 0 aliphatic carbocycles. The van der Waals surface area contributed by atoms with Crippen LogP contribution in [0.2, 0.25) is 0 Å². The van der Waals surface area contributed by atoms with Gasteiger partial charge in [-0.3, -0.25) is 0 Å². The van der Waals surface area contributed by atoms with E-state index in [9.17, 15) is 9.59 Å². The number of carbonyl (C=O) groups excluding carboxylic acids is 2. The summed E-state index contributed by atoms with van der Waals surface area (Å²) >= 11 is 1.61. The first kappa shape index (κ1) is 19.1. The summed E-state index contributed by atoms with van der Waals surface area (Å²) in [5, 5.41) is 2.58. The third kappa shape index (κ3) is 9.95. The summed E-state index contributed by atoms with van der Waals surface area (Å²) in [7, 11) is 0. The second-order valence-electron chi connectivity index (χ2n) is 6.51. The molecule has 0 aromatic carbocycles. The third-order valence-electron chi connectivity index (χ3n) is 1.99. The van der Waals surface area contributed by atoms with Crippen LogP contribution in [0.5, 0.6) is 0 Å². The Morgan fingerprint density at radius 1 is 1.05 bits per heavy atom. The van der Waals surface area contributed by atoms with Crippen LogP contribution >= 0.6 is 11.8 Å². The Labute approximate surface area is 126 Å². The van der Waals surface area contributed by atoms with Crippen LogP contribution in [0.25, 0.3) is 0 Å². The molecule has 0 bridgehead atoms. The van der Waals surface area contributed by atoms with E-state index in [1.165, 1.54) is 0 Å². The lowest BCUT2D eigenvalue weighted by Crippen LogP contribution is -2.46. The molecule has 0 saturated carbocycles. The van der Waals surface area contributed by atoms with Crippen molar-refractivity contribution < 1.29 is 19.1 Å². The van der Waals surface area contributed by atoms with Crippen molar-refractivity contribution in [2.24, 2.45) is 0 Å². The van der Waals surface area contributed by atoms with Gasteiger partial charge < -0.3 is 14.8 Å². The zero-order chi connectivity index (χ0) is 16.0. The maximum atomic E-state index is 12.1. The highest BCUT2D eigenvalue weighted by atomic mass is 32.2.